The topological polar surface area (TPSA) is 55.4 Å². The number of ketones is 2. The number of hydrogen-bond acceptors (Lipinski definition) is 4. The third-order valence-electron chi connectivity index (χ3n) is 12.4. The van der Waals surface area contributed by atoms with Gasteiger partial charge < -0.3 is 10.1 Å². The summed E-state index contributed by atoms with van der Waals surface area (Å²) in [5.41, 5.74) is 1.46. The summed E-state index contributed by atoms with van der Waals surface area (Å²) in [6, 6.07) is 9.78. The molecule has 0 aromatic heterocycles. The molecular weight excluding hydrogens is 482 g/mol. The van der Waals surface area contributed by atoms with Crippen molar-refractivity contribution in [2.24, 2.45) is 34.5 Å². The largest absolute Gasteiger partial charge is 0.494 e. The molecule has 5 unspecified atom stereocenters. The van der Waals surface area contributed by atoms with Crippen molar-refractivity contribution in [1.82, 2.24) is 5.32 Å². The van der Waals surface area contributed by atoms with Gasteiger partial charge in [-0.1, -0.05) is 45.2 Å². The predicted octanol–water partition coefficient (Wildman–Crippen LogP) is 7.99. The van der Waals surface area contributed by atoms with Crippen molar-refractivity contribution in [3.8, 4) is 5.75 Å². The van der Waals surface area contributed by atoms with Crippen molar-refractivity contribution in [3.63, 3.8) is 0 Å². The Morgan fingerprint density at radius 3 is 2.67 bits per heavy atom. The van der Waals surface area contributed by atoms with Crippen LogP contribution in [-0.2, 0) is 9.59 Å². The molecule has 7 atom stereocenters. The van der Waals surface area contributed by atoms with E-state index in [1.807, 2.05) is 0 Å². The first-order chi connectivity index (χ1) is 18.9. The van der Waals surface area contributed by atoms with Crippen LogP contribution in [0, 0.1) is 34.5 Å². The van der Waals surface area contributed by atoms with Gasteiger partial charge in [0.15, 0.2) is 0 Å². The normalized spacial score (nSPS) is 37.3. The molecule has 39 heavy (non-hydrogen) atoms. The average Bonchev–Trinajstić information content (AvgIpc) is 3.57. The molecule has 5 aliphatic rings. The number of rotatable bonds is 9. The van der Waals surface area contributed by atoms with Crippen LogP contribution in [0.4, 0.5) is 0 Å². The average molecular weight is 534 g/mol. The lowest BCUT2D eigenvalue weighted by Crippen LogP contribution is -2.54. The smallest absolute Gasteiger partial charge is 0.139 e. The summed E-state index contributed by atoms with van der Waals surface area (Å²) >= 11 is 0. The van der Waals surface area contributed by atoms with Crippen molar-refractivity contribution in [3.05, 3.63) is 29.8 Å². The first-order valence-corrected chi connectivity index (χ1v) is 16.5. The second-order valence-electron chi connectivity index (χ2n) is 14.2. The Bertz CT molecular complexity index is 1050. The molecule has 5 saturated carbocycles. The SMILES string of the molecule is CCCC(NC1CCCC1)c1cccc(OCC[C@]23CCC4C(CCC5CC(=O)CC[C@@]54C)C2CCC3=O)c1. The van der Waals surface area contributed by atoms with Crippen molar-refractivity contribution < 1.29 is 14.3 Å². The Morgan fingerprint density at radius 1 is 1.00 bits per heavy atom. The minimum Gasteiger partial charge on any atom is -0.494 e. The molecule has 1 aromatic rings. The zero-order valence-corrected chi connectivity index (χ0v) is 24.5. The summed E-state index contributed by atoms with van der Waals surface area (Å²) in [6.45, 7) is 5.40. The van der Waals surface area contributed by atoms with Crippen molar-refractivity contribution in [1.29, 1.82) is 0 Å². The zero-order valence-electron chi connectivity index (χ0n) is 24.5. The van der Waals surface area contributed by atoms with Gasteiger partial charge in [-0.05, 0) is 111 Å². The summed E-state index contributed by atoms with van der Waals surface area (Å²) in [5, 5.41) is 3.94. The van der Waals surface area contributed by atoms with E-state index < -0.39 is 0 Å². The molecule has 0 saturated heterocycles. The molecule has 1 N–H and O–H groups in total. The van der Waals surface area contributed by atoms with E-state index in [1.54, 1.807) is 0 Å². The molecule has 6 rings (SSSR count). The van der Waals surface area contributed by atoms with Crippen molar-refractivity contribution in [2.75, 3.05) is 6.61 Å². The minimum absolute atomic E-state index is 0.179. The van der Waals surface area contributed by atoms with Gasteiger partial charge in [-0.3, -0.25) is 9.59 Å². The Hall–Kier alpha value is -1.68. The molecule has 0 heterocycles. The number of ether oxygens (including phenoxy) is 1. The molecule has 0 amide bonds. The predicted molar refractivity (Wildman–Crippen MR) is 156 cm³/mol. The fraction of sp³-hybridized carbons (Fsp3) is 0.771. The van der Waals surface area contributed by atoms with E-state index in [9.17, 15) is 9.59 Å². The standard InChI is InChI=1S/C35H51NO3/c1-3-7-32(36-26-9-4-5-10-26)24-8-6-11-28(22-24)39-21-20-35-19-17-30-29(31(35)14-15-33(35)38)13-12-25-23-27(37)16-18-34(25,30)2/h6,8,11,22,25-26,29-32,36H,3-5,7,9-10,12-21,23H2,1-2H3/t25?,29?,30?,31?,32?,34-,35+/m0/s1. The maximum absolute atomic E-state index is 13.5. The molecule has 0 aliphatic heterocycles. The van der Waals surface area contributed by atoms with Crippen LogP contribution in [0.2, 0.25) is 0 Å². The lowest BCUT2D eigenvalue weighted by atomic mass is 9.45. The van der Waals surface area contributed by atoms with Gasteiger partial charge in [-0.15, -0.1) is 0 Å². The van der Waals surface area contributed by atoms with Crippen LogP contribution in [-0.4, -0.2) is 24.2 Å². The third kappa shape index (κ3) is 5.13. The van der Waals surface area contributed by atoms with Crippen molar-refractivity contribution in [2.45, 2.75) is 129 Å². The van der Waals surface area contributed by atoms with Crippen LogP contribution in [0.3, 0.4) is 0 Å². The number of fused-ring (bicyclic) bond motifs is 5. The number of nitrogens with one attached hydrogen (secondary N) is 1. The van der Waals surface area contributed by atoms with Gasteiger partial charge in [-0.25, -0.2) is 0 Å². The third-order valence-corrected chi connectivity index (χ3v) is 12.4. The highest BCUT2D eigenvalue weighted by Crippen LogP contribution is 2.66. The van der Waals surface area contributed by atoms with Crippen LogP contribution in [0.25, 0.3) is 0 Å². The van der Waals surface area contributed by atoms with Crippen molar-refractivity contribution >= 4 is 11.6 Å². The number of Topliss-reactive ketones (excluding diaryl/α,β-unsaturated/α-hetero) is 2. The van der Waals surface area contributed by atoms with E-state index in [2.05, 4.69) is 43.4 Å². The Balaban J connectivity index is 1.12. The molecule has 5 fully saturated rings. The number of carbonyl (C=O) groups excluding carboxylic acids is 2. The Kier molecular flexibility index (Phi) is 7.96. The van der Waals surface area contributed by atoms with E-state index in [1.165, 1.54) is 50.5 Å². The Labute approximate surface area is 236 Å². The van der Waals surface area contributed by atoms with Gasteiger partial charge in [0.2, 0.25) is 0 Å². The number of benzene rings is 1. The number of carbonyl (C=O) groups is 2. The van der Waals surface area contributed by atoms with Crippen LogP contribution in [0.15, 0.2) is 24.3 Å². The first-order valence-electron chi connectivity index (χ1n) is 16.5. The van der Waals surface area contributed by atoms with E-state index >= 15 is 0 Å². The molecule has 4 heteroatoms. The summed E-state index contributed by atoms with van der Waals surface area (Å²) in [7, 11) is 0. The summed E-state index contributed by atoms with van der Waals surface area (Å²) in [5.74, 6) is 4.37. The Morgan fingerprint density at radius 2 is 1.85 bits per heavy atom. The van der Waals surface area contributed by atoms with Gasteiger partial charge >= 0.3 is 0 Å². The van der Waals surface area contributed by atoms with Crippen LogP contribution in [0.5, 0.6) is 5.75 Å². The first kappa shape index (κ1) is 27.5. The highest BCUT2D eigenvalue weighted by molar-refractivity contribution is 5.87. The molecule has 5 aliphatic carbocycles. The maximum Gasteiger partial charge on any atom is 0.139 e. The summed E-state index contributed by atoms with van der Waals surface area (Å²) in [6.07, 6.45) is 17.5. The van der Waals surface area contributed by atoms with E-state index in [0.717, 1.165) is 63.5 Å². The van der Waals surface area contributed by atoms with Gasteiger partial charge in [0.25, 0.3) is 0 Å². The monoisotopic (exact) mass is 533 g/mol. The van der Waals surface area contributed by atoms with Crippen LogP contribution >= 0.6 is 0 Å². The molecule has 0 spiro atoms. The van der Waals surface area contributed by atoms with Gasteiger partial charge in [0, 0.05) is 36.8 Å². The molecule has 0 bridgehead atoms. The summed E-state index contributed by atoms with van der Waals surface area (Å²) < 4.78 is 6.44. The van der Waals surface area contributed by atoms with Gasteiger partial charge in [-0.2, -0.15) is 0 Å². The molecule has 0 radical (unpaired) electrons. The summed E-state index contributed by atoms with van der Waals surface area (Å²) in [4.78, 5) is 25.8. The fourth-order valence-electron chi connectivity index (χ4n) is 10.3. The van der Waals surface area contributed by atoms with Gasteiger partial charge in [0.1, 0.15) is 17.3 Å². The minimum atomic E-state index is -0.179. The zero-order chi connectivity index (χ0) is 27.0. The second kappa shape index (κ2) is 11.3. The van der Waals surface area contributed by atoms with Crippen LogP contribution in [0.1, 0.15) is 128 Å². The molecular formula is C35H51NO3. The lowest BCUT2D eigenvalue weighted by Gasteiger charge is -2.59. The molecule has 1 aromatic carbocycles. The fourth-order valence-corrected chi connectivity index (χ4v) is 10.3. The van der Waals surface area contributed by atoms with E-state index in [-0.39, 0.29) is 5.41 Å². The lowest BCUT2D eigenvalue weighted by molar-refractivity contribution is -0.147. The van der Waals surface area contributed by atoms with E-state index in [4.69, 9.17) is 4.74 Å². The quantitative estimate of drug-likeness (QED) is 0.349. The second-order valence-corrected chi connectivity index (χ2v) is 14.2. The van der Waals surface area contributed by atoms with Gasteiger partial charge in [0.05, 0.1) is 6.61 Å². The van der Waals surface area contributed by atoms with E-state index in [0.29, 0.717) is 59.3 Å². The number of hydrogen-bond donors (Lipinski definition) is 1. The maximum atomic E-state index is 13.5. The molecule has 4 nitrogen and oxygen atoms in total. The van der Waals surface area contributed by atoms with Crippen LogP contribution < -0.4 is 10.1 Å². The highest BCUT2D eigenvalue weighted by Gasteiger charge is 2.61. The molecule has 214 valence electrons. The highest BCUT2D eigenvalue weighted by atomic mass is 16.5.